The maximum absolute atomic E-state index is 13.3. The predicted octanol–water partition coefficient (Wildman–Crippen LogP) is 4.67. The van der Waals surface area contributed by atoms with Crippen molar-refractivity contribution in [2.75, 3.05) is 19.5 Å². The molecular formula is C25H34N4O4. The molecule has 0 aliphatic heterocycles. The summed E-state index contributed by atoms with van der Waals surface area (Å²) in [6.45, 7) is 12.0. The maximum Gasteiger partial charge on any atom is 0.420 e. The van der Waals surface area contributed by atoms with Gasteiger partial charge in [0.05, 0.1) is 24.7 Å². The van der Waals surface area contributed by atoms with Gasteiger partial charge in [0.1, 0.15) is 22.9 Å². The average molecular weight is 455 g/mol. The Hall–Kier alpha value is -3.29. The fraction of sp³-hybridized carbons (Fsp3) is 0.480. The number of benzene rings is 1. The zero-order chi connectivity index (χ0) is 24.6. The second-order valence-corrected chi connectivity index (χ2v) is 10.3. The van der Waals surface area contributed by atoms with Crippen LogP contribution >= 0.6 is 0 Å². The molecule has 1 aromatic carbocycles. The highest BCUT2D eigenvalue weighted by atomic mass is 16.6. The number of nitrogens with zero attached hydrogens (tertiary/aromatic N) is 3. The van der Waals surface area contributed by atoms with E-state index in [1.54, 1.807) is 38.6 Å². The molecule has 0 saturated carbocycles. The monoisotopic (exact) mass is 454 g/mol. The van der Waals surface area contributed by atoms with Gasteiger partial charge in [0.2, 0.25) is 0 Å². The van der Waals surface area contributed by atoms with E-state index >= 15 is 0 Å². The zero-order valence-corrected chi connectivity index (χ0v) is 20.8. The molecule has 2 aromatic heterocycles. The lowest BCUT2D eigenvalue weighted by Crippen LogP contribution is -2.29. The molecule has 0 aliphatic carbocycles. The van der Waals surface area contributed by atoms with Gasteiger partial charge in [0.15, 0.2) is 0 Å². The van der Waals surface area contributed by atoms with E-state index in [2.05, 4.69) is 26.1 Å². The Kier molecular flexibility index (Phi) is 6.58. The van der Waals surface area contributed by atoms with Crippen molar-refractivity contribution >= 4 is 22.8 Å². The van der Waals surface area contributed by atoms with E-state index < -0.39 is 11.7 Å². The summed E-state index contributed by atoms with van der Waals surface area (Å²) in [6, 6.07) is 7.23. The van der Waals surface area contributed by atoms with Gasteiger partial charge in [-0.1, -0.05) is 20.8 Å². The van der Waals surface area contributed by atoms with E-state index in [0.717, 1.165) is 12.0 Å². The number of hydrogen-bond donors (Lipinski definition) is 1. The van der Waals surface area contributed by atoms with Crippen LogP contribution in [0.3, 0.4) is 0 Å². The molecular weight excluding hydrogens is 420 g/mol. The van der Waals surface area contributed by atoms with Crippen LogP contribution in [0.15, 0.2) is 35.3 Å². The molecule has 3 aromatic rings. The van der Waals surface area contributed by atoms with E-state index in [1.807, 2.05) is 26.8 Å². The molecule has 0 radical (unpaired) electrons. The van der Waals surface area contributed by atoms with Crippen molar-refractivity contribution in [3.63, 3.8) is 0 Å². The smallest absolute Gasteiger partial charge is 0.420 e. The lowest BCUT2D eigenvalue weighted by Gasteiger charge is -2.21. The number of anilines is 1. The van der Waals surface area contributed by atoms with Crippen molar-refractivity contribution < 1.29 is 14.3 Å². The number of carbonyl (C=O) groups is 1. The van der Waals surface area contributed by atoms with Gasteiger partial charge in [-0.3, -0.25) is 4.79 Å². The molecule has 1 N–H and O–H groups in total. The Morgan fingerprint density at radius 1 is 1.15 bits per heavy atom. The summed E-state index contributed by atoms with van der Waals surface area (Å²) in [7, 11) is 3.29. The minimum Gasteiger partial charge on any atom is -0.497 e. The minimum atomic E-state index is -0.694. The standard InChI is InChI=1S/C25H34N4O4/c1-24(2,3)14-16-12-17(32-8)13-19-21(16)27-20(29(19)23(31)33-25(4,5)6)15-28-11-9-10-18(26-7)22(28)30/h9-13,26H,14-15H2,1-8H3. The van der Waals surface area contributed by atoms with Crippen LogP contribution in [-0.4, -0.2) is 40.0 Å². The van der Waals surface area contributed by atoms with Crippen LogP contribution in [0.4, 0.5) is 10.5 Å². The van der Waals surface area contributed by atoms with Gasteiger partial charge in [-0.15, -0.1) is 0 Å². The molecule has 0 amide bonds. The molecule has 2 heterocycles. The number of imidazole rings is 1. The summed E-state index contributed by atoms with van der Waals surface area (Å²) >= 11 is 0. The fourth-order valence-corrected chi connectivity index (χ4v) is 3.71. The molecule has 0 spiro atoms. The van der Waals surface area contributed by atoms with Crippen molar-refractivity contribution in [1.29, 1.82) is 0 Å². The third-order valence-corrected chi connectivity index (χ3v) is 5.02. The lowest BCUT2D eigenvalue weighted by atomic mass is 9.87. The van der Waals surface area contributed by atoms with Crippen LogP contribution in [-0.2, 0) is 17.7 Å². The zero-order valence-electron chi connectivity index (χ0n) is 20.8. The Balaban J connectivity index is 2.27. The largest absolute Gasteiger partial charge is 0.497 e. The van der Waals surface area contributed by atoms with Crippen LogP contribution in [0.5, 0.6) is 5.75 Å². The first kappa shape index (κ1) is 24.4. The maximum atomic E-state index is 13.3. The van der Waals surface area contributed by atoms with Crippen molar-refractivity contribution in [3.8, 4) is 5.75 Å². The molecule has 8 nitrogen and oxygen atoms in total. The van der Waals surface area contributed by atoms with Crippen LogP contribution in [0.2, 0.25) is 0 Å². The Labute approximate surface area is 194 Å². The fourth-order valence-electron chi connectivity index (χ4n) is 3.71. The first-order valence-corrected chi connectivity index (χ1v) is 11.0. The summed E-state index contributed by atoms with van der Waals surface area (Å²) in [5.41, 5.74) is 1.83. The van der Waals surface area contributed by atoms with Gasteiger partial charge in [-0.2, -0.15) is 0 Å². The third-order valence-electron chi connectivity index (χ3n) is 5.02. The first-order chi connectivity index (χ1) is 15.3. The molecule has 0 fully saturated rings. The van der Waals surface area contributed by atoms with E-state index in [-0.39, 0.29) is 17.5 Å². The normalized spacial score (nSPS) is 12.1. The summed E-state index contributed by atoms with van der Waals surface area (Å²) in [4.78, 5) is 31.0. The minimum absolute atomic E-state index is 0.00672. The molecule has 0 unspecified atom stereocenters. The van der Waals surface area contributed by atoms with Crippen molar-refractivity contribution in [2.45, 2.75) is 60.1 Å². The highest BCUT2D eigenvalue weighted by Crippen LogP contribution is 2.32. The lowest BCUT2D eigenvalue weighted by molar-refractivity contribution is 0.0538. The number of pyridine rings is 1. The second kappa shape index (κ2) is 8.92. The Morgan fingerprint density at radius 2 is 1.85 bits per heavy atom. The number of fused-ring (bicyclic) bond motifs is 1. The van der Waals surface area contributed by atoms with Crippen LogP contribution in [0, 0.1) is 5.41 Å². The Morgan fingerprint density at radius 3 is 2.42 bits per heavy atom. The van der Waals surface area contributed by atoms with Gasteiger partial charge in [0.25, 0.3) is 5.56 Å². The molecule has 0 saturated heterocycles. The number of carbonyl (C=O) groups excluding carboxylic acids is 1. The summed E-state index contributed by atoms with van der Waals surface area (Å²) in [5, 5.41) is 2.90. The topological polar surface area (TPSA) is 87.4 Å². The highest BCUT2D eigenvalue weighted by Gasteiger charge is 2.26. The predicted molar refractivity (Wildman–Crippen MR) is 130 cm³/mol. The van der Waals surface area contributed by atoms with E-state index in [1.165, 1.54) is 9.13 Å². The SMILES string of the molecule is CNc1cccn(Cc2nc3c(CC(C)(C)C)cc(OC)cc3n2C(=O)OC(C)(C)C)c1=O. The number of hydrogen-bond acceptors (Lipinski definition) is 6. The summed E-state index contributed by atoms with van der Waals surface area (Å²) in [5.74, 6) is 1.05. The molecule has 8 heteroatoms. The molecule has 0 atom stereocenters. The molecule has 0 bridgehead atoms. The summed E-state index contributed by atoms with van der Waals surface area (Å²) < 4.78 is 14.2. The molecule has 33 heavy (non-hydrogen) atoms. The van der Waals surface area contributed by atoms with Crippen LogP contribution in [0.25, 0.3) is 11.0 Å². The number of methoxy groups -OCH3 is 1. The highest BCUT2D eigenvalue weighted by molar-refractivity contribution is 5.90. The van der Waals surface area contributed by atoms with Crippen LogP contribution < -0.4 is 15.6 Å². The Bertz CT molecular complexity index is 1230. The second-order valence-electron chi connectivity index (χ2n) is 10.3. The van der Waals surface area contributed by atoms with Crippen molar-refractivity contribution in [2.24, 2.45) is 5.41 Å². The van der Waals surface area contributed by atoms with Crippen molar-refractivity contribution in [3.05, 3.63) is 52.2 Å². The van der Waals surface area contributed by atoms with Gasteiger partial charge < -0.3 is 19.4 Å². The number of nitrogens with one attached hydrogen (secondary N) is 1. The molecule has 3 rings (SSSR count). The van der Waals surface area contributed by atoms with Crippen LogP contribution in [0.1, 0.15) is 52.9 Å². The van der Waals surface area contributed by atoms with E-state index in [0.29, 0.717) is 28.3 Å². The van der Waals surface area contributed by atoms with Gasteiger partial charge in [0, 0.05) is 19.3 Å². The number of aromatic nitrogens is 3. The molecule has 0 aliphatic rings. The molecule has 178 valence electrons. The van der Waals surface area contributed by atoms with Gasteiger partial charge in [-0.05, 0) is 56.4 Å². The average Bonchev–Trinajstić information content (AvgIpc) is 3.05. The van der Waals surface area contributed by atoms with E-state index in [9.17, 15) is 9.59 Å². The van der Waals surface area contributed by atoms with Crippen molar-refractivity contribution in [1.82, 2.24) is 14.1 Å². The van der Waals surface area contributed by atoms with Gasteiger partial charge in [-0.25, -0.2) is 14.3 Å². The summed E-state index contributed by atoms with van der Waals surface area (Å²) in [6.07, 6.45) is 1.87. The van der Waals surface area contributed by atoms with Gasteiger partial charge >= 0.3 is 6.09 Å². The number of rotatable bonds is 5. The number of ether oxygens (including phenoxy) is 2. The first-order valence-electron chi connectivity index (χ1n) is 11.0. The quantitative estimate of drug-likeness (QED) is 0.603. The third kappa shape index (κ3) is 5.56. The van der Waals surface area contributed by atoms with E-state index in [4.69, 9.17) is 14.5 Å².